The number of rotatable bonds is 5. The number of aromatic nitrogens is 3. The second kappa shape index (κ2) is 5.50. The van der Waals surface area contributed by atoms with Crippen molar-refractivity contribution in [2.24, 2.45) is 5.92 Å². The zero-order valence-electron chi connectivity index (χ0n) is 11.6. The first-order valence-electron chi connectivity index (χ1n) is 6.79. The maximum absolute atomic E-state index is 12.3. The van der Waals surface area contributed by atoms with Gasteiger partial charge in [0.05, 0.1) is 12.1 Å². The summed E-state index contributed by atoms with van der Waals surface area (Å²) < 4.78 is 0. The average molecular weight is 304 g/mol. The number of thiazole rings is 1. The Labute approximate surface area is 126 Å². The molecule has 1 fully saturated rings. The fraction of sp³-hybridized carbons (Fsp3) is 0.429. The molecule has 0 bridgehead atoms. The Hall–Kier alpha value is -1.86. The lowest BCUT2D eigenvalue weighted by atomic mass is 9.97. The number of nitrogens with zero attached hydrogens (tertiary/aromatic N) is 3. The van der Waals surface area contributed by atoms with Crippen LogP contribution in [0.4, 0.5) is 0 Å². The molecule has 21 heavy (non-hydrogen) atoms. The smallest absolute Gasteiger partial charge is 0.271 e. The molecule has 1 amide bonds. The van der Waals surface area contributed by atoms with Crippen LogP contribution in [0.15, 0.2) is 23.8 Å². The Kier molecular flexibility index (Phi) is 3.69. The fourth-order valence-electron chi connectivity index (χ4n) is 2.20. The second-order valence-electron chi connectivity index (χ2n) is 5.41. The third kappa shape index (κ3) is 2.93. The van der Waals surface area contributed by atoms with Crippen molar-refractivity contribution < 1.29 is 9.90 Å². The molecule has 0 aromatic carbocycles. The summed E-state index contributed by atoms with van der Waals surface area (Å²) in [6, 6.07) is 1.73. The maximum Gasteiger partial charge on any atom is 0.271 e. The van der Waals surface area contributed by atoms with E-state index in [0.717, 1.165) is 12.8 Å². The van der Waals surface area contributed by atoms with Gasteiger partial charge in [0.2, 0.25) is 0 Å². The van der Waals surface area contributed by atoms with Gasteiger partial charge in [-0.25, -0.2) is 15.0 Å². The first kappa shape index (κ1) is 14.1. The van der Waals surface area contributed by atoms with E-state index in [9.17, 15) is 9.90 Å². The monoisotopic (exact) mass is 304 g/mol. The van der Waals surface area contributed by atoms with Gasteiger partial charge in [-0.05, 0) is 31.7 Å². The van der Waals surface area contributed by atoms with Crippen LogP contribution in [0.1, 0.15) is 30.3 Å². The summed E-state index contributed by atoms with van der Waals surface area (Å²) in [5.74, 6) is 0.590. The molecule has 110 valence electrons. The van der Waals surface area contributed by atoms with Gasteiger partial charge in [0.1, 0.15) is 5.69 Å². The topological polar surface area (TPSA) is 88.0 Å². The quantitative estimate of drug-likeness (QED) is 0.874. The molecule has 1 unspecified atom stereocenters. The molecule has 2 aromatic heterocycles. The number of hydrogen-bond acceptors (Lipinski definition) is 6. The van der Waals surface area contributed by atoms with Crippen molar-refractivity contribution in [3.63, 3.8) is 0 Å². The molecule has 1 atom stereocenters. The van der Waals surface area contributed by atoms with Crippen LogP contribution >= 0.6 is 11.3 Å². The molecule has 0 saturated heterocycles. The molecule has 0 spiro atoms. The molecule has 1 saturated carbocycles. The van der Waals surface area contributed by atoms with Gasteiger partial charge in [-0.15, -0.1) is 11.3 Å². The van der Waals surface area contributed by atoms with Crippen LogP contribution in [0.25, 0.3) is 10.8 Å². The molecule has 7 heteroatoms. The molecular weight excluding hydrogens is 288 g/mol. The summed E-state index contributed by atoms with van der Waals surface area (Å²) in [5.41, 5.74) is -0.229. The van der Waals surface area contributed by atoms with Crippen molar-refractivity contribution in [2.75, 3.05) is 6.61 Å². The van der Waals surface area contributed by atoms with Gasteiger partial charge in [-0.1, -0.05) is 0 Å². The molecule has 1 aliphatic carbocycles. The van der Waals surface area contributed by atoms with Crippen molar-refractivity contribution in [1.82, 2.24) is 20.3 Å². The van der Waals surface area contributed by atoms with E-state index in [0.29, 0.717) is 22.4 Å². The highest BCUT2D eigenvalue weighted by atomic mass is 32.1. The minimum absolute atomic E-state index is 0.0673. The third-order valence-corrected chi connectivity index (χ3v) is 4.54. The van der Waals surface area contributed by atoms with Gasteiger partial charge in [0.25, 0.3) is 5.91 Å². The van der Waals surface area contributed by atoms with Gasteiger partial charge in [0, 0.05) is 17.8 Å². The van der Waals surface area contributed by atoms with E-state index in [1.54, 1.807) is 23.8 Å². The van der Waals surface area contributed by atoms with Crippen LogP contribution in [0.5, 0.6) is 0 Å². The summed E-state index contributed by atoms with van der Waals surface area (Å²) in [6.07, 6.45) is 5.35. The van der Waals surface area contributed by atoms with Gasteiger partial charge >= 0.3 is 0 Å². The Bertz CT molecular complexity index is 641. The third-order valence-electron chi connectivity index (χ3n) is 3.70. The highest BCUT2D eigenvalue weighted by Gasteiger charge is 2.42. The molecule has 0 aliphatic heterocycles. The van der Waals surface area contributed by atoms with Gasteiger partial charge in [0.15, 0.2) is 10.8 Å². The summed E-state index contributed by atoms with van der Waals surface area (Å²) >= 11 is 1.33. The number of nitrogens with one attached hydrogen (secondary N) is 1. The van der Waals surface area contributed by atoms with Crippen molar-refractivity contribution in [3.05, 3.63) is 29.5 Å². The summed E-state index contributed by atoms with van der Waals surface area (Å²) in [4.78, 5) is 24.8. The molecule has 2 aromatic rings. The molecule has 1 aliphatic rings. The predicted molar refractivity (Wildman–Crippen MR) is 78.8 cm³/mol. The lowest BCUT2D eigenvalue weighted by molar-refractivity contribution is 0.0820. The Morgan fingerprint density at radius 2 is 2.19 bits per heavy atom. The molecule has 3 rings (SSSR count). The lowest BCUT2D eigenvalue weighted by Gasteiger charge is -2.28. The van der Waals surface area contributed by atoms with Crippen LogP contribution < -0.4 is 5.32 Å². The molecule has 0 radical (unpaired) electrons. The van der Waals surface area contributed by atoms with Crippen LogP contribution in [0.3, 0.4) is 0 Å². The number of hydrogen-bond donors (Lipinski definition) is 2. The van der Waals surface area contributed by atoms with E-state index in [1.165, 1.54) is 11.3 Å². The van der Waals surface area contributed by atoms with Crippen LogP contribution in [-0.4, -0.2) is 38.1 Å². The Morgan fingerprint density at radius 3 is 2.81 bits per heavy atom. The lowest BCUT2D eigenvalue weighted by Crippen LogP contribution is -2.50. The molecule has 6 nitrogen and oxygen atoms in total. The van der Waals surface area contributed by atoms with E-state index in [1.807, 2.05) is 6.92 Å². The second-order valence-corrected chi connectivity index (χ2v) is 6.27. The number of carbonyl (C=O) groups excluding carboxylic acids is 1. The minimum Gasteiger partial charge on any atom is -0.394 e. The van der Waals surface area contributed by atoms with Crippen molar-refractivity contribution in [3.8, 4) is 10.8 Å². The van der Waals surface area contributed by atoms with E-state index in [-0.39, 0.29) is 12.5 Å². The first-order chi connectivity index (χ1) is 10.1. The van der Waals surface area contributed by atoms with Crippen molar-refractivity contribution in [1.29, 1.82) is 0 Å². The maximum atomic E-state index is 12.3. The van der Waals surface area contributed by atoms with Crippen LogP contribution in [0, 0.1) is 5.92 Å². The Balaban J connectivity index is 1.75. The largest absolute Gasteiger partial charge is 0.394 e. The zero-order valence-corrected chi connectivity index (χ0v) is 12.4. The standard InChI is InChI=1S/C14H16N4O2S/c1-14(8-19,9-3-4-9)18-12(20)10-7-21-13(17-10)11-15-5-2-6-16-11/h2,5-7,9,19H,3-4,8H2,1H3,(H,18,20). The summed E-state index contributed by atoms with van der Waals surface area (Å²) in [5, 5.41) is 14.7. The van der Waals surface area contributed by atoms with E-state index < -0.39 is 5.54 Å². The van der Waals surface area contributed by atoms with Crippen LogP contribution in [-0.2, 0) is 0 Å². The molecular formula is C14H16N4O2S. The molecule has 2 heterocycles. The normalized spacial score (nSPS) is 17.2. The fourth-order valence-corrected chi connectivity index (χ4v) is 2.95. The number of aliphatic hydroxyl groups is 1. The highest BCUT2D eigenvalue weighted by Crippen LogP contribution is 2.39. The number of aliphatic hydroxyl groups excluding tert-OH is 1. The van der Waals surface area contributed by atoms with Crippen molar-refractivity contribution in [2.45, 2.75) is 25.3 Å². The van der Waals surface area contributed by atoms with Gasteiger partial charge < -0.3 is 10.4 Å². The predicted octanol–water partition coefficient (Wildman–Crippen LogP) is 1.49. The minimum atomic E-state index is -0.565. The average Bonchev–Trinajstić information content (AvgIpc) is 3.26. The number of carbonyl (C=O) groups is 1. The van der Waals surface area contributed by atoms with E-state index >= 15 is 0 Å². The molecule has 2 N–H and O–H groups in total. The van der Waals surface area contributed by atoms with Crippen LogP contribution in [0.2, 0.25) is 0 Å². The van der Waals surface area contributed by atoms with Gasteiger partial charge in [-0.2, -0.15) is 0 Å². The summed E-state index contributed by atoms with van der Waals surface area (Å²) in [6.45, 7) is 1.80. The summed E-state index contributed by atoms with van der Waals surface area (Å²) in [7, 11) is 0. The SMILES string of the molecule is CC(CO)(NC(=O)c1csc(-c2ncccn2)n1)C1CC1. The Morgan fingerprint density at radius 1 is 1.48 bits per heavy atom. The zero-order chi connectivity index (χ0) is 14.9. The van der Waals surface area contributed by atoms with Crippen molar-refractivity contribution >= 4 is 17.2 Å². The van der Waals surface area contributed by atoms with E-state index in [4.69, 9.17) is 0 Å². The first-order valence-corrected chi connectivity index (χ1v) is 7.66. The number of amides is 1. The van der Waals surface area contributed by atoms with E-state index in [2.05, 4.69) is 20.3 Å². The highest BCUT2D eigenvalue weighted by molar-refractivity contribution is 7.13. The van der Waals surface area contributed by atoms with Gasteiger partial charge in [-0.3, -0.25) is 4.79 Å².